The minimum absolute atomic E-state index is 0.306. The predicted molar refractivity (Wildman–Crippen MR) is 60.3 cm³/mol. The summed E-state index contributed by atoms with van der Waals surface area (Å²) in [5.41, 5.74) is 0.306. The van der Waals surface area contributed by atoms with Gasteiger partial charge in [0, 0.05) is 12.1 Å². The Hall–Kier alpha value is -0.0800. The molecule has 84 valence electrons. The molecule has 1 aliphatic rings. The van der Waals surface area contributed by atoms with Gasteiger partial charge in [0.1, 0.15) is 0 Å². The van der Waals surface area contributed by atoms with Crippen LogP contribution in [0.1, 0.15) is 40.5 Å². The highest BCUT2D eigenvalue weighted by Gasteiger charge is 2.32. The van der Waals surface area contributed by atoms with E-state index in [1.54, 1.807) is 0 Å². The molecular weight excluding hydrogens is 174 g/mol. The average Bonchev–Trinajstić information content (AvgIpc) is 2.17. The Balaban J connectivity index is 2.48. The van der Waals surface area contributed by atoms with Crippen LogP contribution in [0.5, 0.6) is 0 Å². The van der Waals surface area contributed by atoms with Crippen LogP contribution in [0.25, 0.3) is 0 Å². The summed E-state index contributed by atoms with van der Waals surface area (Å²) in [7, 11) is 0. The van der Waals surface area contributed by atoms with Crippen molar-refractivity contribution >= 4 is 0 Å². The molecule has 2 nitrogen and oxygen atoms in total. The van der Waals surface area contributed by atoms with Crippen molar-refractivity contribution in [2.24, 2.45) is 11.8 Å². The van der Waals surface area contributed by atoms with Gasteiger partial charge >= 0.3 is 0 Å². The van der Waals surface area contributed by atoms with Gasteiger partial charge < -0.3 is 5.11 Å². The summed E-state index contributed by atoms with van der Waals surface area (Å²) in [5.74, 6) is 1.24. The number of rotatable bonds is 3. The smallest absolute Gasteiger partial charge is 0.0460 e. The normalized spacial score (nSPS) is 21.9. The molecule has 1 aliphatic heterocycles. The standard InChI is InChI=1S/C12H25NO/c1-10(2)12(3,4)13-7-5-11(9-14)6-8-13/h10-11,14H,5-9H2,1-4H3. The predicted octanol–water partition coefficient (Wildman–Crippen LogP) is 2.13. The largest absolute Gasteiger partial charge is 0.396 e. The molecular formula is C12H25NO. The molecule has 0 unspecified atom stereocenters. The molecule has 0 bridgehead atoms. The molecule has 1 fully saturated rings. The maximum atomic E-state index is 9.07. The van der Waals surface area contributed by atoms with Crippen molar-refractivity contribution in [2.75, 3.05) is 19.7 Å². The quantitative estimate of drug-likeness (QED) is 0.752. The lowest BCUT2D eigenvalue weighted by atomic mass is 9.85. The van der Waals surface area contributed by atoms with Crippen LogP contribution in [0, 0.1) is 11.8 Å². The van der Waals surface area contributed by atoms with E-state index in [4.69, 9.17) is 5.11 Å². The number of aliphatic hydroxyl groups excluding tert-OH is 1. The van der Waals surface area contributed by atoms with Crippen LogP contribution in [0.4, 0.5) is 0 Å². The van der Waals surface area contributed by atoms with E-state index in [1.807, 2.05) is 0 Å². The second-order valence-electron chi connectivity index (χ2n) is 5.42. The lowest BCUT2D eigenvalue weighted by molar-refractivity contribution is 0.0307. The SMILES string of the molecule is CC(C)C(C)(C)N1CCC(CO)CC1. The summed E-state index contributed by atoms with van der Waals surface area (Å²) in [6, 6.07) is 0. The van der Waals surface area contributed by atoms with E-state index < -0.39 is 0 Å². The summed E-state index contributed by atoms with van der Waals surface area (Å²) < 4.78 is 0. The lowest BCUT2D eigenvalue weighted by Crippen LogP contribution is -2.51. The van der Waals surface area contributed by atoms with Crippen molar-refractivity contribution in [1.82, 2.24) is 4.90 Å². The van der Waals surface area contributed by atoms with Gasteiger partial charge in [-0.1, -0.05) is 13.8 Å². The summed E-state index contributed by atoms with van der Waals surface area (Å²) in [6.45, 7) is 11.9. The van der Waals surface area contributed by atoms with E-state index >= 15 is 0 Å². The van der Waals surface area contributed by atoms with Crippen LogP contribution >= 0.6 is 0 Å². The van der Waals surface area contributed by atoms with Crippen molar-refractivity contribution in [2.45, 2.75) is 46.1 Å². The zero-order valence-electron chi connectivity index (χ0n) is 10.1. The average molecular weight is 199 g/mol. The van der Waals surface area contributed by atoms with Gasteiger partial charge in [-0.3, -0.25) is 4.90 Å². The van der Waals surface area contributed by atoms with Gasteiger partial charge in [-0.25, -0.2) is 0 Å². The van der Waals surface area contributed by atoms with Gasteiger partial charge in [-0.15, -0.1) is 0 Å². The number of likely N-dealkylation sites (tertiary alicyclic amines) is 1. The highest BCUT2D eigenvalue weighted by molar-refractivity contribution is 4.87. The van der Waals surface area contributed by atoms with E-state index in [2.05, 4.69) is 32.6 Å². The molecule has 1 N–H and O–H groups in total. The Morgan fingerprint density at radius 2 is 1.79 bits per heavy atom. The number of nitrogens with zero attached hydrogens (tertiary/aromatic N) is 1. The molecule has 0 aromatic carbocycles. The van der Waals surface area contributed by atoms with Crippen LogP contribution in [0.3, 0.4) is 0 Å². The molecule has 0 aromatic heterocycles. The minimum Gasteiger partial charge on any atom is -0.396 e. The molecule has 1 heterocycles. The highest BCUT2D eigenvalue weighted by atomic mass is 16.3. The lowest BCUT2D eigenvalue weighted by Gasteiger charge is -2.45. The zero-order chi connectivity index (χ0) is 10.8. The van der Waals surface area contributed by atoms with Crippen LogP contribution in [-0.4, -0.2) is 35.2 Å². The number of hydrogen-bond acceptors (Lipinski definition) is 2. The first-order chi connectivity index (χ1) is 6.48. The highest BCUT2D eigenvalue weighted by Crippen LogP contribution is 2.28. The molecule has 2 heteroatoms. The second kappa shape index (κ2) is 4.63. The fourth-order valence-corrected chi connectivity index (χ4v) is 2.06. The first-order valence-electron chi connectivity index (χ1n) is 5.84. The third-order valence-corrected chi connectivity index (χ3v) is 4.10. The topological polar surface area (TPSA) is 23.5 Å². The molecule has 0 radical (unpaired) electrons. The van der Waals surface area contributed by atoms with Crippen LogP contribution < -0.4 is 0 Å². The van der Waals surface area contributed by atoms with E-state index in [-0.39, 0.29) is 0 Å². The Morgan fingerprint density at radius 3 is 2.14 bits per heavy atom. The van der Waals surface area contributed by atoms with E-state index in [0.717, 1.165) is 25.9 Å². The Kier molecular flexibility index (Phi) is 3.96. The Bertz CT molecular complexity index is 169. The minimum atomic E-state index is 0.306. The summed E-state index contributed by atoms with van der Waals surface area (Å²) >= 11 is 0. The van der Waals surface area contributed by atoms with Crippen molar-refractivity contribution < 1.29 is 5.11 Å². The third kappa shape index (κ3) is 2.48. The zero-order valence-corrected chi connectivity index (χ0v) is 10.1. The molecule has 14 heavy (non-hydrogen) atoms. The molecule has 1 rings (SSSR count). The number of aliphatic hydroxyl groups is 1. The Labute approximate surface area is 88.3 Å². The van der Waals surface area contributed by atoms with E-state index in [1.165, 1.54) is 0 Å². The first kappa shape index (κ1) is 12.0. The maximum Gasteiger partial charge on any atom is 0.0460 e. The van der Waals surface area contributed by atoms with E-state index in [0.29, 0.717) is 24.0 Å². The van der Waals surface area contributed by atoms with Gasteiger partial charge in [0.25, 0.3) is 0 Å². The Morgan fingerprint density at radius 1 is 1.29 bits per heavy atom. The van der Waals surface area contributed by atoms with Gasteiger partial charge in [-0.2, -0.15) is 0 Å². The maximum absolute atomic E-state index is 9.07. The van der Waals surface area contributed by atoms with Gasteiger partial charge in [-0.05, 0) is 51.6 Å². The van der Waals surface area contributed by atoms with Crippen molar-refractivity contribution in [3.63, 3.8) is 0 Å². The third-order valence-electron chi connectivity index (χ3n) is 4.10. The molecule has 0 amide bonds. The molecule has 0 saturated carbocycles. The van der Waals surface area contributed by atoms with Crippen LogP contribution in [-0.2, 0) is 0 Å². The second-order valence-corrected chi connectivity index (χ2v) is 5.42. The van der Waals surface area contributed by atoms with Gasteiger partial charge in [0.15, 0.2) is 0 Å². The van der Waals surface area contributed by atoms with E-state index in [9.17, 15) is 0 Å². The molecule has 0 spiro atoms. The number of piperidine rings is 1. The van der Waals surface area contributed by atoms with Gasteiger partial charge in [0.05, 0.1) is 0 Å². The number of hydrogen-bond donors (Lipinski definition) is 1. The molecule has 0 atom stereocenters. The van der Waals surface area contributed by atoms with Crippen molar-refractivity contribution in [1.29, 1.82) is 0 Å². The summed E-state index contributed by atoms with van der Waals surface area (Å²) in [4.78, 5) is 2.57. The van der Waals surface area contributed by atoms with Crippen LogP contribution in [0.2, 0.25) is 0 Å². The van der Waals surface area contributed by atoms with Crippen molar-refractivity contribution in [3.8, 4) is 0 Å². The van der Waals surface area contributed by atoms with Crippen molar-refractivity contribution in [3.05, 3.63) is 0 Å². The fraction of sp³-hybridized carbons (Fsp3) is 1.00. The summed E-state index contributed by atoms with van der Waals surface area (Å²) in [6.07, 6.45) is 2.32. The molecule has 0 aromatic rings. The van der Waals surface area contributed by atoms with Crippen LogP contribution in [0.15, 0.2) is 0 Å². The monoisotopic (exact) mass is 199 g/mol. The summed E-state index contributed by atoms with van der Waals surface area (Å²) in [5, 5.41) is 9.07. The molecule has 1 saturated heterocycles. The molecule has 0 aliphatic carbocycles. The first-order valence-corrected chi connectivity index (χ1v) is 5.84. The fourth-order valence-electron chi connectivity index (χ4n) is 2.06. The van der Waals surface area contributed by atoms with Gasteiger partial charge in [0.2, 0.25) is 0 Å².